The number of benzene rings is 2. The molecule has 2 aromatic carbocycles. The Bertz CT molecular complexity index is 1570. The third-order valence-corrected chi connectivity index (χ3v) is 13.4. The molecule has 1 aliphatic heterocycles. The highest BCUT2D eigenvalue weighted by Crippen LogP contribution is 2.70. The van der Waals surface area contributed by atoms with Crippen molar-refractivity contribution in [2.75, 3.05) is 11.1 Å². The minimum Gasteiger partial charge on any atom is -0.399 e. The molecule has 4 aliphatic carbocycles. The minimum atomic E-state index is -0.628. The van der Waals surface area contributed by atoms with Gasteiger partial charge in [-0.05, 0) is 116 Å². The van der Waals surface area contributed by atoms with E-state index < -0.39 is 16.4 Å². The van der Waals surface area contributed by atoms with Crippen molar-refractivity contribution >= 4 is 29.1 Å². The van der Waals surface area contributed by atoms with Gasteiger partial charge in [-0.25, -0.2) is 0 Å². The molecule has 0 radical (unpaired) electrons. The fraction of sp³-hybridized carbons (Fsp3) is 0.595. The SMILES string of the molecule is CCC(=O)Nc1ccc2c(c1)[C@@]1(C)CCC[C@]3(C)C(=O)N(C(=O)[C@@]4(C)CCC[C@]5(C)c6cc(N)ccc6CCC45)[C@]31CC2. The van der Waals surface area contributed by atoms with E-state index in [4.69, 9.17) is 5.73 Å². The van der Waals surface area contributed by atoms with Gasteiger partial charge in [-0.3, -0.25) is 19.3 Å². The molecule has 0 bridgehead atoms. The predicted molar refractivity (Wildman–Crippen MR) is 170 cm³/mol. The molecule has 2 saturated carbocycles. The average Bonchev–Trinajstić information content (AvgIpc) is 2.98. The number of imide groups is 1. The number of nitrogen functional groups attached to an aromatic ring is 1. The largest absolute Gasteiger partial charge is 0.399 e. The number of fused-ring (bicyclic) bond motifs is 5. The first-order chi connectivity index (χ1) is 20.4. The Hall–Kier alpha value is -3.15. The van der Waals surface area contributed by atoms with Gasteiger partial charge in [0.1, 0.15) is 0 Å². The third-order valence-electron chi connectivity index (χ3n) is 13.4. The summed E-state index contributed by atoms with van der Waals surface area (Å²) in [4.78, 5) is 43.8. The number of likely N-dealkylation sites (tertiary alicyclic amines) is 1. The van der Waals surface area contributed by atoms with Crippen LogP contribution in [0.15, 0.2) is 36.4 Å². The number of carbonyl (C=O) groups excluding carboxylic acids is 3. The summed E-state index contributed by atoms with van der Waals surface area (Å²) >= 11 is 0. The van der Waals surface area contributed by atoms with Crippen molar-refractivity contribution < 1.29 is 14.4 Å². The summed E-state index contributed by atoms with van der Waals surface area (Å²) in [5.74, 6) is 0.207. The number of nitrogens with two attached hydrogens (primary N) is 1. The van der Waals surface area contributed by atoms with Gasteiger partial charge in [0.2, 0.25) is 17.7 Å². The Morgan fingerprint density at radius 3 is 2.35 bits per heavy atom. The number of hydrogen-bond acceptors (Lipinski definition) is 4. The van der Waals surface area contributed by atoms with E-state index in [1.165, 1.54) is 22.3 Å². The smallest absolute Gasteiger partial charge is 0.238 e. The molecule has 7 rings (SSSR count). The second-order valence-corrected chi connectivity index (χ2v) is 15.3. The number of nitrogens with zero attached hydrogens (tertiary/aromatic N) is 1. The standard InChI is InChI=1S/C37H47N3O3/c1-6-30(41)39-26-13-10-24-15-20-37-35(4,28(24)22-26)18-8-19-36(37,5)32(43)40(37)31(42)34(3)17-7-16-33(2)27-21-25(38)12-9-23(27)11-14-29(33)34/h9-10,12-13,21-22,29H,6-8,11,14-20,38H2,1-5H3,(H,39,41)/t29?,33-,34+,35-,36-,37+/m1/s1. The maximum atomic E-state index is 15.3. The number of carbonyl (C=O) groups is 3. The van der Waals surface area contributed by atoms with Crippen LogP contribution in [-0.4, -0.2) is 28.2 Å². The van der Waals surface area contributed by atoms with E-state index >= 15 is 4.79 Å². The van der Waals surface area contributed by atoms with Crippen LogP contribution in [0.2, 0.25) is 0 Å². The second-order valence-electron chi connectivity index (χ2n) is 15.3. The highest BCUT2D eigenvalue weighted by atomic mass is 16.2. The number of hydrogen-bond donors (Lipinski definition) is 2. The normalized spacial score (nSPS) is 37.6. The number of nitrogens with one attached hydrogen (secondary N) is 1. The first-order valence-corrected chi connectivity index (χ1v) is 16.6. The van der Waals surface area contributed by atoms with Crippen LogP contribution in [0.5, 0.6) is 0 Å². The molecule has 3 fully saturated rings. The zero-order chi connectivity index (χ0) is 30.6. The molecular weight excluding hydrogens is 534 g/mol. The summed E-state index contributed by atoms with van der Waals surface area (Å²) in [5, 5.41) is 3.06. The van der Waals surface area contributed by atoms with Crippen LogP contribution in [0.4, 0.5) is 11.4 Å². The van der Waals surface area contributed by atoms with E-state index in [1.807, 2.05) is 24.0 Å². The lowest BCUT2D eigenvalue weighted by Crippen LogP contribution is -2.87. The van der Waals surface area contributed by atoms with E-state index in [1.54, 1.807) is 0 Å². The van der Waals surface area contributed by atoms with Gasteiger partial charge in [0, 0.05) is 23.2 Å². The molecule has 6 nitrogen and oxygen atoms in total. The number of β-lactam (4-membered cyclic amide) rings is 1. The van der Waals surface area contributed by atoms with Crippen molar-refractivity contribution in [1.82, 2.24) is 4.90 Å². The summed E-state index contributed by atoms with van der Waals surface area (Å²) in [7, 11) is 0. The fourth-order valence-electron chi connectivity index (χ4n) is 11.2. The lowest BCUT2D eigenvalue weighted by atomic mass is 9.39. The summed E-state index contributed by atoms with van der Waals surface area (Å²) in [6, 6.07) is 12.6. The van der Waals surface area contributed by atoms with Crippen LogP contribution >= 0.6 is 0 Å². The molecule has 43 heavy (non-hydrogen) atoms. The van der Waals surface area contributed by atoms with Crippen molar-refractivity contribution in [1.29, 1.82) is 0 Å². The van der Waals surface area contributed by atoms with Gasteiger partial charge in [-0.2, -0.15) is 0 Å². The number of rotatable bonds is 3. The summed E-state index contributed by atoms with van der Waals surface area (Å²) < 4.78 is 0. The first kappa shape index (κ1) is 28.6. The lowest BCUT2D eigenvalue weighted by molar-refractivity contribution is -0.228. The molecule has 2 aromatic rings. The van der Waals surface area contributed by atoms with Crippen molar-refractivity contribution in [3.63, 3.8) is 0 Å². The number of anilines is 2. The average molecular weight is 582 g/mol. The quantitative estimate of drug-likeness (QED) is 0.236. The Balaban J connectivity index is 1.32. The molecule has 3 amide bonds. The molecule has 3 N–H and O–H groups in total. The maximum absolute atomic E-state index is 15.3. The van der Waals surface area contributed by atoms with Gasteiger partial charge in [0.05, 0.1) is 16.4 Å². The Kier molecular flexibility index (Phi) is 6.11. The van der Waals surface area contributed by atoms with Gasteiger partial charge in [0.15, 0.2) is 0 Å². The molecule has 6 heteroatoms. The zero-order valence-electron chi connectivity index (χ0n) is 26.6. The van der Waals surface area contributed by atoms with Crippen molar-refractivity contribution in [2.24, 2.45) is 16.7 Å². The lowest BCUT2D eigenvalue weighted by Gasteiger charge is -2.74. The van der Waals surface area contributed by atoms with E-state index in [0.717, 1.165) is 75.6 Å². The van der Waals surface area contributed by atoms with Crippen LogP contribution in [0, 0.1) is 16.7 Å². The fourth-order valence-corrected chi connectivity index (χ4v) is 11.2. The first-order valence-electron chi connectivity index (χ1n) is 16.6. The summed E-state index contributed by atoms with van der Waals surface area (Å²) in [5.41, 5.74) is 10.7. The van der Waals surface area contributed by atoms with E-state index in [0.29, 0.717) is 6.42 Å². The van der Waals surface area contributed by atoms with E-state index in [-0.39, 0.29) is 34.5 Å². The van der Waals surface area contributed by atoms with Crippen molar-refractivity contribution in [2.45, 2.75) is 122 Å². The van der Waals surface area contributed by atoms with Gasteiger partial charge >= 0.3 is 0 Å². The molecule has 228 valence electrons. The molecule has 1 spiro atoms. The van der Waals surface area contributed by atoms with Gasteiger partial charge in [0.25, 0.3) is 0 Å². The molecule has 1 saturated heterocycles. The molecular formula is C37H47N3O3. The van der Waals surface area contributed by atoms with E-state index in [9.17, 15) is 9.59 Å². The topological polar surface area (TPSA) is 92.5 Å². The highest BCUT2D eigenvalue weighted by molar-refractivity contribution is 6.08. The van der Waals surface area contributed by atoms with Gasteiger partial charge in [-0.15, -0.1) is 0 Å². The molecule has 6 atom stereocenters. The van der Waals surface area contributed by atoms with Crippen LogP contribution < -0.4 is 11.1 Å². The number of amides is 3. The Labute approximate surface area is 256 Å². The number of aryl methyl sites for hydroxylation is 2. The van der Waals surface area contributed by atoms with Crippen LogP contribution in [-0.2, 0) is 38.1 Å². The maximum Gasteiger partial charge on any atom is 0.238 e. The summed E-state index contributed by atoms with van der Waals surface area (Å²) in [6.07, 6.45) is 9.40. The summed E-state index contributed by atoms with van der Waals surface area (Å²) in [6.45, 7) is 10.8. The van der Waals surface area contributed by atoms with Crippen LogP contribution in [0.1, 0.15) is 115 Å². The predicted octanol–water partition coefficient (Wildman–Crippen LogP) is 6.83. The van der Waals surface area contributed by atoms with E-state index in [2.05, 4.69) is 57.3 Å². The molecule has 5 aliphatic rings. The van der Waals surface area contributed by atoms with Crippen molar-refractivity contribution in [3.8, 4) is 0 Å². The van der Waals surface area contributed by atoms with Gasteiger partial charge in [-0.1, -0.05) is 52.7 Å². The van der Waals surface area contributed by atoms with Gasteiger partial charge < -0.3 is 11.1 Å². The second kappa shape index (κ2) is 9.18. The Morgan fingerprint density at radius 1 is 0.884 bits per heavy atom. The minimum absolute atomic E-state index is 0.0104. The van der Waals surface area contributed by atoms with Crippen LogP contribution in [0.3, 0.4) is 0 Å². The monoisotopic (exact) mass is 581 g/mol. The highest BCUT2D eigenvalue weighted by Gasteiger charge is 2.79. The Morgan fingerprint density at radius 2 is 1.58 bits per heavy atom. The third kappa shape index (κ3) is 3.44. The molecule has 0 aromatic heterocycles. The van der Waals surface area contributed by atoms with Crippen LogP contribution in [0.25, 0.3) is 0 Å². The zero-order valence-corrected chi connectivity index (χ0v) is 26.6. The molecule has 1 unspecified atom stereocenters. The van der Waals surface area contributed by atoms with Crippen molar-refractivity contribution in [3.05, 3.63) is 58.7 Å². The molecule has 1 heterocycles.